The van der Waals surface area contributed by atoms with Gasteiger partial charge in [0.05, 0.1) is 0 Å². The summed E-state index contributed by atoms with van der Waals surface area (Å²) in [7, 11) is -2.81. The van der Waals surface area contributed by atoms with Crippen LogP contribution in [-0.4, -0.2) is 23.1 Å². The van der Waals surface area contributed by atoms with Gasteiger partial charge in [0.25, 0.3) is 0 Å². The summed E-state index contributed by atoms with van der Waals surface area (Å²) < 4.78 is 9.48. The Morgan fingerprint density at radius 3 is 1.09 bits per heavy atom. The summed E-state index contributed by atoms with van der Waals surface area (Å²) in [6.45, 7) is 32.4. The van der Waals surface area contributed by atoms with Gasteiger partial charge in [-0.15, -0.1) is 24.8 Å². The van der Waals surface area contributed by atoms with Crippen molar-refractivity contribution in [3.05, 3.63) is 40.4 Å². The maximum atomic E-state index is 2.79. The minimum atomic E-state index is -3.44. The van der Waals surface area contributed by atoms with E-state index < -0.39 is 33.3 Å². The fourth-order valence-corrected chi connectivity index (χ4v) is 44.5. The van der Waals surface area contributed by atoms with E-state index in [4.69, 9.17) is 0 Å². The summed E-state index contributed by atoms with van der Waals surface area (Å²) in [5, 5.41) is 3.63. The first-order valence-corrected chi connectivity index (χ1v) is 38.0. The Morgan fingerprint density at radius 2 is 0.906 bits per heavy atom. The Morgan fingerprint density at radius 1 is 0.656 bits per heavy atom. The molecule has 0 bridgehead atoms. The molecule has 0 nitrogen and oxygen atoms in total. The second kappa shape index (κ2) is 9.50. The van der Waals surface area contributed by atoms with Crippen LogP contribution in [0.1, 0.15) is 54.4 Å². The van der Waals surface area contributed by atoms with E-state index >= 15 is 0 Å². The molecule has 2 aliphatic carbocycles. The molecule has 0 aromatic carbocycles. The van der Waals surface area contributed by atoms with Crippen molar-refractivity contribution >= 4 is 47.9 Å². The Balaban J connectivity index is 0.00000480. The molecule has 0 fully saturated rings. The predicted molar refractivity (Wildman–Crippen MR) is 160 cm³/mol. The van der Waals surface area contributed by atoms with Gasteiger partial charge in [0.2, 0.25) is 0 Å². The van der Waals surface area contributed by atoms with Crippen LogP contribution in [0.2, 0.25) is 48.6 Å². The molecule has 0 saturated carbocycles. The molecule has 0 aliphatic heterocycles. The van der Waals surface area contributed by atoms with Gasteiger partial charge in [0.15, 0.2) is 0 Å². The zero-order valence-electron chi connectivity index (χ0n) is 23.6. The monoisotopic (exact) mass is 698 g/mol. The Hall–Kier alpha value is 1.06. The molecule has 2 aliphatic rings. The fraction of sp³-hybridized carbons (Fsp3) is 0.692. The van der Waals surface area contributed by atoms with Gasteiger partial charge in [0.1, 0.15) is 0 Å². The number of rotatable bonds is 4. The summed E-state index contributed by atoms with van der Waals surface area (Å²) in [6.07, 6.45) is 7.87. The Labute approximate surface area is 217 Å². The van der Waals surface area contributed by atoms with Gasteiger partial charge < -0.3 is 0 Å². The first-order chi connectivity index (χ1) is 12.9. The molecular formula is C26H52Cl2HfSi3. The molecule has 0 atom stereocenters. The number of allylic oxidation sites excluding steroid dienone is 8. The van der Waals surface area contributed by atoms with Crippen LogP contribution in [-0.2, 0) is 17.1 Å². The van der Waals surface area contributed by atoms with Crippen LogP contribution in [0, 0.1) is 10.8 Å². The van der Waals surface area contributed by atoms with Crippen molar-refractivity contribution in [1.29, 1.82) is 0 Å². The maximum absolute atomic E-state index is 3.44. The van der Waals surface area contributed by atoms with Gasteiger partial charge in [-0.2, -0.15) is 0 Å². The Kier molecular flexibility index (Phi) is 9.81. The molecule has 0 aromatic heterocycles. The van der Waals surface area contributed by atoms with E-state index in [1.165, 1.54) is 12.8 Å². The van der Waals surface area contributed by atoms with E-state index in [2.05, 4.69) is 109 Å². The predicted octanol–water partition coefficient (Wildman–Crippen LogP) is 9.18. The van der Waals surface area contributed by atoms with E-state index in [1.807, 2.05) is 17.1 Å². The van der Waals surface area contributed by atoms with Crippen molar-refractivity contribution in [3.8, 4) is 0 Å². The minimum absolute atomic E-state index is 0. The molecule has 0 amide bonds. The van der Waals surface area contributed by atoms with Crippen LogP contribution < -0.4 is 0 Å². The number of hydrogen-bond acceptors (Lipinski definition) is 0. The first-order valence-electron chi connectivity index (χ1n) is 11.9. The van der Waals surface area contributed by atoms with Crippen molar-refractivity contribution in [2.45, 2.75) is 103 Å². The van der Waals surface area contributed by atoms with Crippen LogP contribution in [0.25, 0.3) is 0 Å². The van der Waals surface area contributed by atoms with E-state index in [-0.39, 0.29) is 35.6 Å². The number of halogens is 2. The molecule has 0 N–H and O–H groups in total. The van der Waals surface area contributed by atoms with Gasteiger partial charge in [0, 0.05) is 0 Å². The molecular weight excluding hydrogens is 646 g/mol. The summed E-state index contributed by atoms with van der Waals surface area (Å²) in [6, 6.07) is 0. The second-order valence-corrected chi connectivity index (χ2v) is 66.2. The molecule has 186 valence electrons. The molecule has 2 rings (SSSR count). The van der Waals surface area contributed by atoms with Crippen LogP contribution in [0.4, 0.5) is 0 Å². The first kappa shape index (κ1) is 33.1. The summed E-state index contributed by atoms with van der Waals surface area (Å²) in [5.74, 6) is 0. The molecule has 0 aromatic rings. The number of hydrogen-bond donors (Lipinski definition) is 0. The van der Waals surface area contributed by atoms with Gasteiger partial charge in [-0.1, -0.05) is 0 Å². The maximum Gasteiger partial charge on any atom is -0.147 e. The average Bonchev–Trinajstić information content (AvgIpc) is 3.11. The molecule has 0 unspecified atom stereocenters. The molecule has 0 radical (unpaired) electrons. The zero-order valence-corrected chi connectivity index (χ0v) is 32.2. The van der Waals surface area contributed by atoms with Crippen molar-refractivity contribution in [2.75, 3.05) is 0 Å². The molecule has 0 spiro atoms. The van der Waals surface area contributed by atoms with Gasteiger partial charge >= 0.3 is 194 Å². The average molecular weight is 698 g/mol. The summed E-state index contributed by atoms with van der Waals surface area (Å²) in [5.41, 5.74) is 3.92. The van der Waals surface area contributed by atoms with Crippen molar-refractivity contribution in [3.63, 3.8) is 0 Å². The standard InChI is InChI=1S/2C12H21Si.2CH3.2ClH.Hf.H2Si/c2*1-12(2,3)10-7-8-11(9-10)13(4,5)6;;;;;;/h2*9H,7H2,1-6H3;2*1H3;2*1H;;1H2. The largest absolute Gasteiger partial charge is 0.147 e. The minimum Gasteiger partial charge on any atom is -0.147 e. The van der Waals surface area contributed by atoms with E-state index in [1.54, 1.807) is 11.1 Å². The molecule has 32 heavy (non-hydrogen) atoms. The second-order valence-electron chi connectivity index (χ2n) is 15.2. The van der Waals surface area contributed by atoms with E-state index in [0.717, 1.165) is 0 Å². The smallest absolute Gasteiger partial charge is 0.147 e. The van der Waals surface area contributed by atoms with Crippen LogP contribution in [0.3, 0.4) is 0 Å². The third kappa shape index (κ3) is 6.63. The third-order valence-corrected chi connectivity index (χ3v) is 37.5. The van der Waals surface area contributed by atoms with Gasteiger partial charge in [-0.3, -0.25) is 0 Å². The molecule has 0 heterocycles. The Bertz CT molecular complexity index is 873. The topological polar surface area (TPSA) is 0 Å². The quantitative estimate of drug-likeness (QED) is 0.257. The van der Waals surface area contributed by atoms with Crippen LogP contribution in [0.5, 0.6) is 0 Å². The van der Waals surface area contributed by atoms with Crippen LogP contribution >= 0.6 is 24.8 Å². The van der Waals surface area contributed by atoms with Crippen molar-refractivity contribution in [2.24, 2.45) is 10.8 Å². The normalized spacial score (nSPS) is 19.0. The van der Waals surface area contributed by atoms with Gasteiger partial charge in [-0.05, 0) is 0 Å². The van der Waals surface area contributed by atoms with Crippen molar-refractivity contribution in [1.82, 2.24) is 0 Å². The van der Waals surface area contributed by atoms with Crippen LogP contribution in [0.15, 0.2) is 40.4 Å². The summed E-state index contributed by atoms with van der Waals surface area (Å²) >= 11 is -3.44. The molecule has 0 saturated heterocycles. The fourth-order valence-electron chi connectivity index (χ4n) is 5.11. The third-order valence-electron chi connectivity index (χ3n) is 7.50. The SMILES string of the molecule is CC(C)(C)C1=CC([Si](C)(C)C)=[C]([Hf]([CH3])([CH3])(=[SiH2])[C]2=C([Si](C)(C)C)C=C(C(C)(C)C)C2)C1.Cl.Cl. The van der Waals surface area contributed by atoms with Crippen molar-refractivity contribution < 1.29 is 17.1 Å². The molecule has 6 heteroatoms. The van der Waals surface area contributed by atoms with E-state index in [9.17, 15) is 0 Å². The van der Waals surface area contributed by atoms with E-state index in [0.29, 0.717) is 0 Å². The summed E-state index contributed by atoms with van der Waals surface area (Å²) in [4.78, 5) is 0. The van der Waals surface area contributed by atoms with Gasteiger partial charge in [-0.25, -0.2) is 0 Å². The zero-order chi connectivity index (χ0) is 23.7.